The first kappa shape index (κ1) is 16.5. The molecule has 1 nitrogen and oxygen atoms in total. The van der Waals surface area contributed by atoms with E-state index in [2.05, 4.69) is 22.0 Å². The van der Waals surface area contributed by atoms with E-state index in [0.717, 1.165) is 16.6 Å². The average molecular weight is 380 g/mol. The number of rotatable bonds is 6. The normalized spacial score (nSPS) is 16.6. The molecule has 0 bridgehead atoms. The Labute approximate surface area is 140 Å². The third-order valence-electron chi connectivity index (χ3n) is 4.54. The topological polar surface area (TPSA) is 9.23 Å². The van der Waals surface area contributed by atoms with E-state index < -0.39 is 0 Å². The molecule has 2 rings (SSSR count). The Morgan fingerprint density at radius 2 is 1.90 bits per heavy atom. The molecule has 1 saturated carbocycles. The van der Waals surface area contributed by atoms with Crippen LogP contribution in [0.1, 0.15) is 31.2 Å². The zero-order chi connectivity index (χ0) is 14.6. The quantitative estimate of drug-likeness (QED) is 0.580. The molecule has 0 amide bonds. The van der Waals surface area contributed by atoms with E-state index in [1.165, 1.54) is 31.2 Å². The fraction of sp³-hybridized carbons (Fsp3) is 0.625. The molecule has 112 valence electrons. The Balaban J connectivity index is 2.29. The van der Waals surface area contributed by atoms with Gasteiger partial charge >= 0.3 is 0 Å². The first-order chi connectivity index (χ1) is 9.65. The van der Waals surface area contributed by atoms with Crippen LogP contribution >= 0.6 is 39.1 Å². The van der Waals surface area contributed by atoms with E-state index in [1.54, 1.807) is 7.11 Å². The van der Waals surface area contributed by atoms with E-state index >= 15 is 0 Å². The number of ether oxygens (including phenoxy) is 1. The van der Waals surface area contributed by atoms with Crippen molar-refractivity contribution in [1.82, 2.24) is 0 Å². The maximum absolute atomic E-state index is 6.35. The minimum atomic E-state index is -0.0202. The summed E-state index contributed by atoms with van der Waals surface area (Å²) in [5.41, 5.74) is 1.17. The molecule has 20 heavy (non-hydrogen) atoms. The molecule has 0 spiro atoms. The van der Waals surface area contributed by atoms with Gasteiger partial charge in [-0.25, -0.2) is 0 Å². The lowest BCUT2D eigenvalue weighted by molar-refractivity contribution is 0.222. The van der Waals surface area contributed by atoms with Crippen LogP contribution in [0.5, 0.6) is 5.75 Å². The summed E-state index contributed by atoms with van der Waals surface area (Å²) in [6, 6.07) is 6.13. The van der Waals surface area contributed by atoms with Crippen molar-refractivity contribution in [2.24, 2.45) is 11.3 Å². The molecule has 1 aromatic rings. The van der Waals surface area contributed by atoms with Crippen molar-refractivity contribution in [3.8, 4) is 5.75 Å². The highest BCUT2D eigenvalue weighted by molar-refractivity contribution is 9.10. The molecule has 4 heteroatoms. The van der Waals surface area contributed by atoms with E-state index in [4.69, 9.17) is 27.9 Å². The second-order valence-corrected chi connectivity index (χ2v) is 7.19. The zero-order valence-corrected chi connectivity index (χ0v) is 14.9. The molecule has 1 aromatic carbocycles. The third-order valence-corrected chi connectivity index (χ3v) is 6.10. The predicted molar refractivity (Wildman–Crippen MR) is 90.2 cm³/mol. The summed E-state index contributed by atoms with van der Waals surface area (Å²) in [5.74, 6) is 2.76. The minimum absolute atomic E-state index is 0.0202. The van der Waals surface area contributed by atoms with Gasteiger partial charge in [0.1, 0.15) is 5.75 Å². The molecule has 1 fully saturated rings. The van der Waals surface area contributed by atoms with Gasteiger partial charge in [0.25, 0.3) is 0 Å². The van der Waals surface area contributed by atoms with Gasteiger partial charge in [0.2, 0.25) is 0 Å². The highest BCUT2D eigenvalue weighted by atomic mass is 79.9. The van der Waals surface area contributed by atoms with E-state index in [1.807, 2.05) is 12.1 Å². The molecule has 0 unspecified atom stereocenters. The van der Waals surface area contributed by atoms with Crippen LogP contribution in [0.25, 0.3) is 0 Å². The van der Waals surface area contributed by atoms with E-state index in [0.29, 0.717) is 17.7 Å². The molecule has 1 aliphatic rings. The number of halogens is 3. The van der Waals surface area contributed by atoms with Crippen molar-refractivity contribution in [3.05, 3.63) is 28.2 Å². The highest BCUT2D eigenvalue weighted by Gasteiger charge is 2.39. The zero-order valence-electron chi connectivity index (χ0n) is 11.8. The molecule has 0 aromatic heterocycles. The van der Waals surface area contributed by atoms with Crippen LogP contribution in [-0.2, 0) is 6.42 Å². The van der Waals surface area contributed by atoms with Crippen molar-refractivity contribution in [1.29, 1.82) is 0 Å². The van der Waals surface area contributed by atoms with Crippen molar-refractivity contribution in [2.45, 2.75) is 32.1 Å². The van der Waals surface area contributed by atoms with Gasteiger partial charge in [-0.3, -0.25) is 0 Å². The summed E-state index contributed by atoms with van der Waals surface area (Å²) >= 11 is 16.2. The maximum Gasteiger partial charge on any atom is 0.122 e. The molecule has 0 saturated heterocycles. The van der Waals surface area contributed by atoms with Gasteiger partial charge in [-0.15, -0.1) is 23.2 Å². The number of methoxy groups -OCH3 is 1. The van der Waals surface area contributed by atoms with Crippen molar-refractivity contribution in [3.63, 3.8) is 0 Å². The van der Waals surface area contributed by atoms with Gasteiger partial charge in [-0.2, -0.15) is 0 Å². The average Bonchev–Trinajstić information content (AvgIpc) is 3.00. The lowest BCUT2D eigenvalue weighted by Gasteiger charge is -2.36. The fourth-order valence-electron chi connectivity index (χ4n) is 3.30. The molecule has 0 heterocycles. The highest BCUT2D eigenvalue weighted by Crippen LogP contribution is 2.45. The molecule has 0 N–H and O–H groups in total. The van der Waals surface area contributed by atoms with Crippen LogP contribution in [0.4, 0.5) is 0 Å². The molecule has 1 aliphatic carbocycles. The van der Waals surface area contributed by atoms with Crippen LogP contribution in [0.15, 0.2) is 22.7 Å². The second-order valence-electron chi connectivity index (χ2n) is 5.74. The van der Waals surface area contributed by atoms with Crippen LogP contribution in [0.2, 0.25) is 0 Å². The van der Waals surface area contributed by atoms with Crippen LogP contribution in [0, 0.1) is 11.3 Å². The summed E-state index contributed by atoms with van der Waals surface area (Å²) in [7, 11) is 1.71. The van der Waals surface area contributed by atoms with Crippen molar-refractivity contribution < 1.29 is 4.74 Å². The summed E-state index contributed by atoms with van der Waals surface area (Å²) in [6.07, 6.45) is 5.98. The van der Waals surface area contributed by atoms with Gasteiger partial charge in [0.15, 0.2) is 0 Å². The third kappa shape index (κ3) is 3.45. The summed E-state index contributed by atoms with van der Waals surface area (Å²) < 4.78 is 6.56. The monoisotopic (exact) mass is 378 g/mol. The minimum Gasteiger partial charge on any atom is -0.496 e. The smallest absolute Gasteiger partial charge is 0.122 e. The Kier molecular flexibility index (Phi) is 6.07. The predicted octanol–water partition coefficient (Wildman–Crippen LogP) is 5.65. The first-order valence-electron chi connectivity index (χ1n) is 7.09. The lowest BCUT2D eigenvalue weighted by Crippen LogP contribution is -2.35. The lowest BCUT2D eigenvalue weighted by atomic mass is 9.73. The Morgan fingerprint density at radius 3 is 2.45 bits per heavy atom. The second kappa shape index (κ2) is 7.38. The summed E-state index contributed by atoms with van der Waals surface area (Å²) in [6.45, 7) is 0. The number of alkyl halides is 2. The standard InChI is InChI=1S/C16H21BrCl2O/c1-20-15-7-6-14(17)8-12(15)9-16(10-18,11-19)13-4-2-3-5-13/h6-8,13H,2-5,9-11H2,1H3. The van der Waals surface area contributed by atoms with Gasteiger partial charge in [0.05, 0.1) is 7.11 Å². The fourth-order valence-corrected chi connectivity index (χ4v) is 4.62. The molecule has 0 aliphatic heterocycles. The number of hydrogen-bond acceptors (Lipinski definition) is 1. The van der Waals surface area contributed by atoms with Crippen LogP contribution < -0.4 is 4.74 Å². The van der Waals surface area contributed by atoms with Gasteiger partial charge in [0, 0.05) is 21.6 Å². The maximum atomic E-state index is 6.35. The van der Waals surface area contributed by atoms with Crippen molar-refractivity contribution in [2.75, 3.05) is 18.9 Å². The number of hydrogen-bond donors (Lipinski definition) is 0. The Hall–Kier alpha value is 0.0800. The molecular formula is C16H21BrCl2O. The number of benzene rings is 1. The van der Waals surface area contributed by atoms with Crippen LogP contribution in [0.3, 0.4) is 0 Å². The Morgan fingerprint density at radius 1 is 1.25 bits per heavy atom. The van der Waals surface area contributed by atoms with E-state index in [-0.39, 0.29) is 5.41 Å². The van der Waals surface area contributed by atoms with Crippen LogP contribution in [-0.4, -0.2) is 18.9 Å². The summed E-state index contributed by atoms with van der Waals surface area (Å²) in [4.78, 5) is 0. The first-order valence-corrected chi connectivity index (χ1v) is 8.96. The Bertz CT molecular complexity index is 440. The van der Waals surface area contributed by atoms with Crippen molar-refractivity contribution >= 4 is 39.1 Å². The molecule has 0 radical (unpaired) electrons. The van der Waals surface area contributed by atoms with Gasteiger partial charge < -0.3 is 4.74 Å². The largest absolute Gasteiger partial charge is 0.496 e. The molecular weight excluding hydrogens is 359 g/mol. The molecule has 0 atom stereocenters. The summed E-state index contributed by atoms with van der Waals surface area (Å²) in [5, 5.41) is 0. The van der Waals surface area contributed by atoms with Gasteiger partial charge in [-0.05, 0) is 48.9 Å². The van der Waals surface area contributed by atoms with E-state index in [9.17, 15) is 0 Å². The SMILES string of the molecule is COc1ccc(Br)cc1CC(CCl)(CCl)C1CCCC1. The van der Waals surface area contributed by atoms with Gasteiger partial charge in [-0.1, -0.05) is 28.8 Å².